The number of nitrogens with one attached hydrogen (secondary N) is 1. The molecular weight excluding hydrogens is 418 g/mol. The topological polar surface area (TPSA) is 86.6 Å². The molecule has 3 aromatic rings. The van der Waals surface area contributed by atoms with E-state index < -0.39 is 5.76 Å². The van der Waals surface area contributed by atoms with Gasteiger partial charge in [-0.1, -0.05) is 23.8 Å². The van der Waals surface area contributed by atoms with E-state index in [-0.39, 0.29) is 11.8 Å². The summed E-state index contributed by atoms with van der Waals surface area (Å²) in [5.41, 5.74) is 4.22. The largest absolute Gasteiger partial charge is 0.417 e. The van der Waals surface area contributed by atoms with E-state index >= 15 is 0 Å². The van der Waals surface area contributed by atoms with Gasteiger partial charge in [0.1, 0.15) is 0 Å². The second-order valence-corrected chi connectivity index (χ2v) is 9.47. The number of aromatic amines is 1. The first-order valence-electron chi connectivity index (χ1n) is 11.7. The van der Waals surface area contributed by atoms with Crippen LogP contribution in [0.1, 0.15) is 51.1 Å². The van der Waals surface area contributed by atoms with Crippen molar-refractivity contribution in [1.29, 1.82) is 0 Å². The third kappa shape index (κ3) is 4.08. The monoisotopic (exact) mass is 447 g/mol. The summed E-state index contributed by atoms with van der Waals surface area (Å²) in [5.74, 6) is 0.226. The number of nitrogens with zero attached hydrogens (tertiary/aromatic N) is 2. The summed E-state index contributed by atoms with van der Waals surface area (Å²) in [7, 11) is 0. The van der Waals surface area contributed by atoms with Crippen LogP contribution in [0.4, 0.5) is 0 Å². The maximum Gasteiger partial charge on any atom is 0.417 e. The number of aromatic nitrogens is 1. The zero-order valence-electron chi connectivity index (χ0n) is 19.1. The van der Waals surface area contributed by atoms with Gasteiger partial charge in [0.25, 0.3) is 11.8 Å². The van der Waals surface area contributed by atoms with Crippen molar-refractivity contribution >= 4 is 22.9 Å². The van der Waals surface area contributed by atoms with Crippen molar-refractivity contribution in [1.82, 2.24) is 14.8 Å². The van der Waals surface area contributed by atoms with E-state index in [1.807, 2.05) is 41.8 Å². The van der Waals surface area contributed by atoms with E-state index in [0.29, 0.717) is 41.6 Å². The van der Waals surface area contributed by atoms with Crippen LogP contribution in [0.15, 0.2) is 45.6 Å². The number of aryl methyl sites for hydroxylation is 2. The summed E-state index contributed by atoms with van der Waals surface area (Å²) in [6.45, 7) is 6.87. The Bertz CT molecular complexity index is 1270. The Kier molecular flexibility index (Phi) is 5.56. The Hall–Kier alpha value is -3.35. The van der Waals surface area contributed by atoms with Gasteiger partial charge in [-0.25, -0.2) is 4.79 Å². The highest BCUT2D eigenvalue weighted by Gasteiger charge is 2.36. The van der Waals surface area contributed by atoms with Crippen molar-refractivity contribution < 1.29 is 14.0 Å². The Balaban J connectivity index is 1.28. The lowest BCUT2D eigenvalue weighted by Crippen LogP contribution is -2.43. The van der Waals surface area contributed by atoms with Gasteiger partial charge >= 0.3 is 5.76 Å². The van der Waals surface area contributed by atoms with Gasteiger partial charge < -0.3 is 14.2 Å². The number of carbonyl (C=O) groups excluding carboxylic acids is 2. The van der Waals surface area contributed by atoms with Gasteiger partial charge in [0, 0.05) is 31.7 Å². The van der Waals surface area contributed by atoms with Crippen LogP contribution in [0, 0.1) is 25.7 Å². The molecule has 33 heavy (non-hydrogen) atoms. The third-order valence-electron chi connectivity index (χ3n) is 7.23. The molecule has 2 aliphatic heterocycles. The maximum absolute atomic E-state index is 13.3. The number of H-pyrrole nitrogens is 1. The van der Waals surface area contributed by atoms with Gasteiger partial charge in [-0.3, -0.25) is 14.6 Å². The normalized spacial score (nSPS) is 21.0. The number of oxazole rings is 1. The minimum atomic E-state index is -0.554. The number of fused-ring (bicyclic) bond motifs is 1. The lowest BCUT2D eigenvalue weighted by atomic mass is 9.84. The van der Waals surface area contributed by atoms with Gasteiger partial charge in [0.2, 0.25) is 0 Å². The van der Waals surface area contributed by atoms with Crippen LogP contribution in [0.2, 0.25) is 0 Å². The van der Waals surface area contributed by atoms with Gasteiger partial charge in [-0.15, -0.1) is 0 Å². The smallest absolute Gasteiger partial charge is 0.408 e. The summed E-state index contributed by atoms with van der Waals surface area (Å²) in [6.07, 6.45) is 2.97. The summed E-state index contributed by atoms with van der Waals surface area (Å²) in [5, 5.41) is 0. The Morgan fingerprint density at radius 1 is 0.939 bits per heavy atom. The fraction of sp³-hybridized carbons (Fsp3) is 0.423. The van der Waals surface area contributed by atoms with Crippen LogP contribution in [-0.2, 0) is 0 Å². The van der Waals surface area contributed by atoms with E-state index in [2.05, 4.69) is 4.98 Å². The number of benzene rings is 2. The third-order valence-corrected chi connectivity index (χ3v) is 7.23. The first-order valence-corrected chi connectivity index (χ1v) is 11.7. The molecule has 7 nitrogen and oxygen atoms in total. The average Bonchev–Trinajstić information content (AvgIpc) is 3.46. The Morgan fingerprint density at radius 2 is 1.67 bits per heavy atom. The molecule has 5 rings (SSSR count). The fourth-order valence-electron chi connectivity index (χ4n) is 5.39. The van der Waals surface area contributed by atoms with Gasteiger partial charge in [0.15, 0.2) is 5.58 Å². The molecule has 3 heterocycles. The van der Waals surface area contributed by atoms with E-state index in [9.17, 15) is 14.4 Å². The van der Waals surface area contributed by atoms with Crippen molar-refractivity contribution in [3.05, 3.63) is 69.2 Å². The van der Waals surface area contributed by atoms with Crippen molar-refractivity contribution in [2.75, 3.05) is 26.2 Å². The van der Waals surface area contributed by atoms with Gasteiger partial charge in [-0.2, -0.15) is 0 Å². The molecule has 2 aliphatic rings. The molecule has 172 valence electrons. The summed E-state index contributed by atoms with van der Waals surface area (Å²) < 4.78 is 5.12. The minimum absolute atomic E-state index is 0.0799. The number of hydrogen-bond acceptors (Lipinski definition) is 4. The van der Waals surface area contributed by atoms with Crippen molar-refractivity contribution in [2.24, 2.45) is 11.8 Å². The molecule has 2 fully saturated rings. The molecule has 0 bridgehead atoms. The highest BCUT2D eigenvalue weighted by molar-refractivity contribution is 6.04. The molecule has 2 atom stereocenters. The number of amides is 2. The first-order chi connectivity index (χ1) is 15.9. The Labute approximate surface area is 192 Å². The number of hydrogen-bond donors (Lipinski definition) is 1. The molecule has 0 spiro atoms. The van der Waals surface area contributed by atoms with Crippen LogP contribution < -0.4 is 5.76 Å². The van der Waals surface area contributed by atoms with Crippen molar-refractivity contribution in [3.8, 4) is 0 Å². The van der Waals surface area contributed by atoms with Crippen LogP contribution in [0.3, 0.4) is 0 Å². The lowest BCUT2D eigenvalue weighted by Gasteiger charge is -2.36. The standard InChI is InChI=1S/C26H29N3O4/c1-16-8-9-17(2)21(13-16)25(31)29-12-10-19(15-29)18-5-4-11-28(14-18)24(30)20-6-3-7-22-23(20)27-26(32)33-22/h3,6-9,13,18-19H,4-5,10-12,14-15H2,1-2H3,(H,27,32). The van der Waals surface area contributed by atoms with E-state index in [0.717, 1.165) is 49.0 Å². The fourth-order valence-corrected chi connectivity index (χ4v) is 5.39. The van der Waals surface area contributed by atoms with Crippen molar-refractivity contribution in [3.63, 3.8) is 0 Å². The second kappa shape index (κ2) is 8.54. The maximum atomic E-state index is 13.3. The molecule has 2 saturated heterocycles. The quantitative estimate of drug-likeness (QED) is 0.663. The van der Waals surface area contributed by atoms with E-state index in [4.69, 9.17) is 4.42 Å². The number of para-hydroxylation sites is 1. The number of likely N-dealkylation sites (tertiary alicyclic amines) is 2. The van der Waals surface area contributed by atoms with Crippen LogP contribution in [-0.4, -0.2) is 52.8 Å². The predicted molar refractivity (Wildman–Crippen MR) is 125 cm³/mol. The number of rotatable bonds is 3. The molecule has 7 heteroatoms. The molecular formula is C26H29N3O4. The summed E-state index contributed by atoms with van der Waals surface area (Å²) >= 11 is 0. The van der Waals surface area contributed by atoms with E-state index in [1.165, 1.54) is 0 Å². The Morgan fingerprint density at radius 3 is 2.48 bits per heavy atom. The number of carbonyl (C=O) groups is 2. The molecule has 2 amide bonds. The second-order valence-electron chi connectivity index (χ2n) is 9.47. The van der Waals surface area contributed by atoms with Gasteiger partial charge in [0.05, 0.1) is 11.1 Å². The zero-order chi connectivity index (χ0) is 23.1. The molecule has 0 saturated carbocycles. The molecule has 0 aliphatic carbocycles. The van der Waals surface area contributed by atoms with Crippen LogP contribution in [0.5, 0.6) is 0 Å². The van der Waals surface area contributed by atoms with Gasteiger partial charge in [-0.05, 0) is 68.7 Å². The molecule has 2 aromatic carbocycles. The van der Waals surface area contributed by atoms with E-state index in [1.54, 1.807) is 18.2 Å². The average molecular weight is 448 g/mol. The highest BCUT2D eigenvalue weighted by atomic mass is 16.4. The molecule has 1 aromatic heterocycles. The van der Waals surface area contributed by atoms with Crippen LogP contribution >= 0.6 is 0 Å². The highest BCUT2D eigenvalue weighted by Crippen LogP contribution is 2.33. The number of piperidine rings is 1. The first kappa shape index (κ1) is 21.5. The van der Waals surface area contributed by atoms with Crippen LogP contribution in [0.25, 0.3) is 11.1 Å². The summed E-state index contributed by atoms with van der Waals surface area (Å²) in [4.78, 5) is 44.6. The summed E-state index contributed by atoms with van der Waals surface area (Å²) in [6, 6.07) is 11.2. The van der Waals surface area contributed by atoms with Crippen molar-refractivity contribution in [2.45, 2.75) is 33.1 Å². The SMILES string of the molecule is Cc1ccc(C)c(C(=O)N2CCC(C3CCCN(C(=O)c4cccc5oc(=O)[nH]c45)C3)C2)c1. The zero-order valence-corrected chi connectivity index (χ0v) is 19.1. The lowest BCUT2D eigenvalue weighted by molar-refractivity contribution is 0.0619. The molecule has 0 radical (unpaired) electrons. The predicted octanol–water partition coefficient (Wildman–Crippen LogP) is 3.75. The molecule has 2 unspecified atom stereocenters. The molecule has 1 N–H and O–H groups in total. The minimum Gasteiger partial charge on any atom is -0.408 e.